The molecule has 0 aliphatic rings. The molecule has 0 bridgehead atoms. The Labute approximate surface area is 62.3 Å². The number of carbonyl (C=O) groups excluding carboxylic acids is 1. The summed E-state index contributed by atoms with van der Waals surface area (Å²) in [6, 6.07) is 0. The van der Waals surface area contributed by atoms with Crippen LogP contribution in [0.2, 0.25) is 0 Å². The molecular formula is C8H15NO. The minimum Gasteiger partial charge on any atom is -0.386 e. The summed E-state index contributed by atoms with van der Waals surface area (Å²) in [6.07, 6.45) is 3.20. The third-order valence-electron chi connectivity index (χ3n) is 0.834. The maximum Gasteiger partial charge on any atom is 0.154 e. The van der Waals surface area contributed by atoms with Crippen molar-refractivity contribution in [3.8, 4) is 0 Å². The third-order valence-corrected chi connectivity index (χ3v) is 0.834. The van der Waals surface area contributed by atoms with Crippen molar-refractivity contribution < 1.29 is 4.79 Å². The largest absolute Gasteiger partial charge is 0.386 e. The smallest absolute Gasteiger partial charge is 0.154 e. The molecule has 0 heterocycles. The monoisotopic (exact) mass is 141 g/mol. The summed E-state index contributed by atoms with van der Waals surface area (Å²) in [6.45, 7) is 7.65. The van der Waals surface area contributed by atoms with Gasteiger partial charge in [-0.15, -0.1) is 0 Å². The fraction of sp³-hybridized carbons (Fsp3) is 0.625. The first-order valence-electron chi connectivity index (χ1n) is 3.36. The first-order chi connectivity index (χ1) is 4.42. The summed E-state index contributed by atoms with van der Waals surface area (Å²) in [5, 5.41) is 3.05. The van der Waals surface area contributed by atoms with Gasteiger partial charge in [-0.25, -0.2) is 0 Å². The van der Waals surface area contributed by atoms with Crippen molar-refractivity contribution in [3.63, 3.8) is 0 Å². The molecule has 0 spiro atoms. The summed E-state index contributed by atoms with van der Waals surface area (Å²) in [4.78, 5) is 10.4. The first-order valence-corrected chi connectivity index (χ1v) is 3.36. The standard InChI is InChI=1S/C8H15NO/c1-7(10)5-6-9-8(2,3)4/h5-6,9H,1-4H3/b6-5+. The van der Waals surface area contributed by atoms with Crippen LogP contribution in [0, 0.1) is 0 Å². The van der Waals surface area contributed by atoms with E-state index < -0.39 is 0 Å². The van der Waals surface area contributed by atoms with E-state index in [-0.39, 0.29) is 11.3 Å². The van der Waals surface area contributed by atoms with E-state index in [4.69, 9.17) is 0 Å². The van der Waals surface area contributed by atoms with Crippen LogP contribution in [-0.2, 0) is 4.79 Å². The summed E-state index contributed by atoms with van der Waals surface area (Å²) >= 11 is 0. The van der Waals surface area contributed by atoms with Crippen LogP contribution in [0.3, 0.4) is 0 Å². The highest BCUT2D eigenvalue weighted by Gasteiger charge is 2.04. The highest BCUT2D eigenvalue weighted by atomic mass is 16.1. The van der Waals surface area contributed by atoms with Crippen LogP contribution < -0.4 is 5.32 Å². The van der Waals surface area contributed by atoms with Gasteiger partial charge < -0.3 is 5.32 Å². The Balaban J connectivity index is 3.64. The van der Waals surface area contributed by atoms with Gasteiger partial charge in [0.05, 0.1) is 0 Å². The van der Waals surface area contributed by atoms with E-state index in [9.17, 15) is 4.79 Å². The van der Waals surface area contributed by atoms with E-state index in [1.807, 2.05) is 20.8 Å². The number of hydrogen-bond donors (Lipinski definition) is 1. The molecule has 0 amide bonds. The Bertz CT molecular complexity index is 142. The highest BCUT2D eigenvalue weighted by molar-refractivity contribution is 5.87. The molecule has 0 unspecified atom stereocenters. The Hall–Kier alpha value is -0.790. The lowest BCUT2D eigenvalue weighted by atomic mass is 10.1. The van der Waals surface area contributed by atoms with E-state index in [0.29, 0.717) is 0 Å². The molecule has 0 aromatic heterocycles. The zero-order chi connectivity index (χ0) is 8.20. The van der Waals surface area contributed by atoms with Crippen molar-refractivity contribution in [2.24, 2.45) is 0 Å². The topological polar surface area (TPSA) is 29.1 Å². The van der Waals surface area contributed by atoms with Crippen molar-refractivity contribution in [1.82, 2.24) is 5.32 Å². The fourth-order valence-electron chi connectivity index (χ4n) is 0.409. The van der Waals surface area contributed by atoms with Crippen LogP contribution in [-0.4, -0.2) is 11.3 Å². The SMILES string of the molecule is CC(=O)/C=C/NC(C)(C)C. The molecule has 0 radical (unpaired) electrons. The molecule has 0 saturated heterocycles. The molecular weight excluding hydrogens is 126 g/mol. The van der Waals surface area contributed by atoms with Gasteiger partial charge in [-0.2, -0.15) is 0 Å². The van der Waals surface area contributed by atoms with Crippen molar-refractivity contribution in [2.75, 3.05) is 0 Å². The van der Waals surface area contributed by atoms with E-state index in [2.05, 4.69) is 5.32 Å². The first kappa shape index (κ1) is 9.21. The molecule has 0 rings (SSSR count). The molecule has 0 aliphatic heterocycles. The minimum absolute atomic E-state index is 0.0476. The highest BCUT2D eigenvalue weighted by Crippen LogP contribution is 1.97. The normalized spacial score (nSPS) is 12.0. The van der Waals surface area contributed by atoms with Crippen LogP contribution in [0.15, 0.2) is 12.3 Å². The van der Waals surface area contributed by atoms with Gasteiger partial charge in [-0.1, -0.05) is 0 Å². The zero-order valence-corrected chi connectivity index (χ0v) is 7.06. The van der Waals surface area contributed by atoms with Crippen LogP contribution in [0.25, 0.3) is 0 Å². The molecule has 2 heteroatoms. The molecule has 0 atom stereocenters. The van der Waals surface area contributed by atoms with Crippen molar-refractivity contribution in [3.05, 3.63) is 12.3 Å². The zero-order valence-electron chi connectivity index (χ0n) is 7.06. The van der Waals surface area contributed by atoms with Crippen molar-refractivity contribution in [1.29, 1.82) is 0 Å². The summed E-state index contributed by atoms with van der Waals surface area (Å²) in [5.41, 5.74) is 0.0476. The molecule has 0 aromatic rings. The van der Waals surface area contributed by atoms with Crippen LogP contribution in [0.4, 0.5) is 0 Å². The lowest BCUT2D eigenvalue weighted by molar-refractivity contribution is -0.112. The Morgan fingerprint density at radius 3 is 2.20 bits per heavy atom. The maximum atomic E-state index is 10.4. The lowest BCUT2D eigenvalue weighted by Crippen LogP contribution is -2.31. The predicted molar refractivity (Wildman–Crippen MR) is 42.7 cm³/mol. The molecule has 10 heavy (non-hydrogen) atoms. The number of hydrogen-bond acceptors (Lipinski definition) is 2. The molecule has 0 saturated carbocycles. The van der Waals surface area contributed by atoms with Gasteiger partial charge in [0.15, 0.2) is 5.78 Å². The van der Waals surface area contributed by atoms with E-state index in [1.165, 1.54) is 13.0 Å². The minimum atomic E-state index is 0.0476. The average molecular weight is 141 g/mol. The number of rotatable bonds is 2. The van der Waals surface area contributed by atoms with E-state index in [1.54, 1.807) is 6.20 Å². The van der Waals surface area contributed by atoms with Gasteiger partial charge in [-0.05, 0) is 33.8 Å². The third kappa shape index (κ3) is 7.21. The Kier molecular flexibility index (Phi) is 3.13. The maximum absolute atomic E-state index is 10.4. The van der Waals surface area contributed by atoms with Gasteiger partial charge in [-0.3, -0.25) is 4.79 Å². The average Bonchev–Trinajstić information content (AvgIpc) is 1.59. The molecule has 1 N–H and O–H groups in total. The second-order valence-electron chi connectivity index (χ2n) is 3.34. The van der Waals surface area contributed by atoms with Gasteiger partial charge >= 0.3 is 0 Å². The number of allylic oxidation sites excluding steroid dienone is 1. The number of nitrogens with one attached hydrogen (secondary N) is 1. The molecule has 0 fully saturated rings. The fourth-order valence-corrected chi connectivity index (χ4v) is 0.409. The summed E-state index contributed by atoms with van der Waals surface area (Å²) < 4.78 is 0. The van der Waals surface area contributed by atoms with Gasteiger partial charge in [0, 0.05) is 11.7 Å². The second kappa shape index (κ2) is 3.40. The predicted octanol–water partition coefficient (Wildman–Crippen LogP) is 1.48. The number of carbonyl (C=O) groups is 1. The van der Waals surface area contributed by atoms with Crippen molar-refractivity contribution >= 4 is 5.78 Å². The van der Waals surface area contributed by atoms with Crippen LogP contribution in [0.5, 0.6) is 0 Å². The molecule has 0 aromatic carbocycles. The molecule has 58 valence electrons. The van der Waals surface area contributed by atoms with E-state index in [0.717, 1.165) is 0 Å². The van der Waals surface area contributed by atoms with Crippen LogP contribution >= 0.6 is 0 Å². The Morgan fingerprint density at radius 2 is 1.90 bits per heavy atom. The Morgan fingerprint density at radius 1 is 1.40 bits per heavy atom. The quantitative estimate of drug-likeness (QED) is 0.590. The number of ketones is 1. The van der Waals surface area contributed by atoms with Gasteiger partial charge in [0.2, 0.25) is 0 Å². The summed E-state index contributed by atoms with van der Waals surface area (Å²) in [7, 11) is 0. The second-order valence-corrected chi connectivity index (χ2v) is 3.34. The van der Waals surface area contributed by atoms with Crippen molar-refractivity contribution in [2.45, 2.75) is 33.2 Å². The molecule has 0 aliphatic carbocycles. The van der Waals surface area contributed by atoms with Gasteiger partial charge in [0.25, 0.3) is 0 Å². The van der Waals surface area contributed by atoms with E-state index >= 15 is 0 Å². The molecule has 2 nitrogen and oxygen atoms in total. The van der Waals surface area contributed by atoms with Gasteiger partial charge in [0.1, 0.15) is 0 Å². The van der Waals surface area contributed by atoms with Crippen LogP contribution in [0.1, 0.15) is 27.7 Å². The summed E-state index contributed by atoms with van der Waals surface area (Å²) in [5.74, 6) is 0.0664. The lowest BCUT2D eigenvalue weighted by Gasteiger charge is -2.18.